The predicted octanol–water partition coefficient (Wildman–Crippen LogP) is 3.34. The minimum atomic E-state index is -3.68. The highest BCUT2D eigenvalue weighted by molar-refractivity contribution is 7.92. The van der Waals surface area contributed by atoms with Gasteiger partial charge in [0.05, 0.1) is 15.6 Å². The van der Waals surface area contributed by atoms with E-state index in [1.54, 1.807) is 12.1 Å². The minimum Gasteiger partial charge on any atom is -0.398 e. The number of sulfonamides is 1. The van der Waals surface area contributed by atoms with Gasteiger partial charge in [0.1, 0.15) is 0 Å². The van der Waals surface area contributed by atoms with Crippen LogP contribution in [-0.2, 0) is 10.0 Å². The van der Waals surface area contributed by atoms with Gasteiger partial charge in [-0.1, -0.05) is 17.7 Å². The lowest BCUT2D eigenvalue weighted by molar-refractivity contribution is 0.601. The first-order chi connectivity index (χ1) is 9.28. The predicted molar refractivity (Wildman–Crippen MR) is 82.6 cm³/mol. The third kappa shape index (κ3) is 3.23. The van der Waals surface area contributed by atoms with E-state index < -0.39 is 10.0 Å². The van der Waals surface area contributed by atoms with Crippen LogP contribution in [0.5, 0.6) is 0 Å². The second kappa shape index (κ2) is 5.34. The summed E-state index contributed by atoms with van der Waals surface area (Å²) < 4.78 is 27.1. The second-order valence-corrected chi connectivity index (χ2v) is 6.75. The van der Waals surface area contributed by atoms with Crippen LogP contribution in [0.4, 0.5) is 11.4 Å². The molecule has 0 fully saturated rings. The van der Waals surface area contributed by atoms with Crippen molar-refractivity contribution >= 4 is 33.0 Å². The number of nitrogen functional groups attached to an aromatic ring is 1. The van der Waals surface area contributed by atoms with Crippen LogP contribution in [0.1, 0.15) is 11.1 Å². The summed E-state index contributed by atoms with van der Waals surface area (Å²) >= 11 is 5.86. The second-order valence-electron chi connectivity index (χ2n) is 4.67. The number of hydrogen-bond acceptors (Lipinski definition) is 3. The molecule has 20 heavy (non-hydrogen) atoms. The van der Waals surface area contributed by atoms with Gasteiger partial charge in [-0.05, 0) is 55.3 Å². The molecule has 0 unspecified atom stereocenters. The van der Waals surface area contributed by atoms with E-state index in [0.717, 1.165) is 11.1 Å². The van der Waals surface area contributed by atoms with Crippen LogP contribution >= 0.6 is 11.6 Å². The van der Waals surface area contributed by atoms with E-state index in [2.05, 4.69) is 4.72 Å². The fourth-order valence-corrected chi connectivity index (χ4v) is 3.23. The van der Waals surface area contributed by atoms with Crippen molar-refractivity contribution in [3.63, 3.8) is 0 Å². The average Bonchev–Trinajstić information content (AvgIpc) is 2.30. The molecule has 2 aromatic rings. The zero-order valence-corrected chi connectivity index (χ0v) is 12.7. The average molecular weight is 311 g/mol. The van der Waals surface area contributed by atoms with Gasteiger partial charge in [-0.25, -0.2) is 8.42 Å². The van der Waals surface area contributed by atoms with E-state index in [1.165, 1.54) is 18.2 Å². The van der Waals surface area contributed by atoms with E-state index in [1.807, 2.05) is 19.9 Å². The summed E-state index contributed by atoms with van der Waals surface area (Å²) in [4.78, 5) is 0.0795. The Morgan fingerprint density at radius 2 is 1.65 bits per heavy atom. The summed E-state index contributed by atoms with van der Waals surface area (Å²) in [7, 11) is -3.68. The molecule has 0 spiro atoms. The van der Waals surface area contributed by atoms with E-state index >= 15 is 0 Å². The van der Waals surface area contributed by atoms with Crippen LogP contribution in [0.3, 0.4) is 0 Å². The summed E-state index contributed by atoms with van der Waals surface area (Å²) in [6, 6.07) is 9.73. The zero-order valence-electron chi connectivity index (χ0n) is 11.1. The molecule has 0 amide bonds. The molecule has 0 aliphatic rings. The molecule has 0 aliphatic carbocycles. The van der Waals surface area contributed by atoms with Crippen molar-refractivity contribution in [3.05, 3.63) is 52.5 Å². The van der Waals surface area contributed by atoms with Crippen molar-refractivity contribution in [2.75, 3.05) is 10.5 Å². The number of rotatable bonds is 3. The lowest BCUT2D eigenvalue weighted by atomic mass is 10.1. The third-order valence-corrected chi connectivity index (χ3v) is 4.46. The summed E-state index contributed by atoms with van der Waals surface area (Å²) in [5.41, 5.74) is 8.41. The van der Waals surface area contributed by atoms with Crippen LogP contribution in [0, 0.1) is 13.8 Å². The van der Waals surface area contributed by atoms with Gasteiger partial charge >= 0.3 is 0 Å². The van der Waals surface area contributed by atoms with Crippen LogP contribution in [0.25, 0.3) is 0 Å². The minimum absolute atomic E-state index is 0.0795. The van der Waals surface area contributed by atoms with Gasteiger partial charge in [0.15, 0.2) is 0 Å². The van der Waals surface area contributed by atoms with E-state index in [0.29, 0.717) is 11.4 Å². The zero-order chi connectivity index (χ0) is 14.9. The van der Waals surface area contributed by atoms with Gasteiger partial charge in [-0.15, -0.1) is 0 Å². The Hall–Kier alpha value is -1.72. The van der Waals surface area contributed by atoms with Crippen molar-refractivity contribution in [1.29, 1.82) is 0 Å². The summed E-state index contributed by atoms with van der Waals surface area (Å²) in [6.07, 6.45) is 0. The first-order valence-electron chi connectivity index (χ1n) is 5.94. The maximum atomic E-state index is 12.3. The monoisotopic (exact) mass is 310 g/mol. The molecule has 0 saturated heterocycles. The Balaban J connectivity index is 2.37. The van der Waals surface area contributed by atoms with Crippen molar-refractivity contribution in [2.45, 2.75) is 18.7 Å². The number of nitrogens with two attached hydrogens (primary N) is 1. The van der Waals surface area contributed by atoms with E-state index in [-0.39, 0.29) is 9.92 Å². The Kier molecular flexibility index (Phi) is 3.92. The fraction of sp³-hybridized carbons (Fsp3) is 0.143. The molecule has 0 saturated carbocycles. The molecule has 106 valence electrons. The van der Waals surface area contributed by atoms with Crippen molar-refractivity contribution < 1.29 is 8.42 Å². The number of halogens is 1. The van der Waals surface area contributed by atoms with Crippen LogP contribution in [-0.4, -0.2) is 8.42 Å². The molecule has 0 radical (unpaired) electrons. The molecule has 0 heterocycles. The molecule has 6 heteroatoms. The number of nitrogens with one attached hydrogen (secondary N) is 1. The maximum Gasteiger partial charge on any atom is 0.261 e. The number of benzene rings is 2. The Morgan fingerprint density at radius 1 is 1.05 bits per heavy atom. The van der Waals surface area contributed by atoms with Crippen LogP contribution in [0.2, 0.25) is 5.02 Å². The fourth-order valence-electron chi connectivity index (χ4n) is 1.92. The summed E-state index contributed by atoms with van der Waals surface area (Å²) in [6.45, 7) is 3.82. The van der Waals surface area contributed by atoms with Crippen LogP contribution in [0.15, 0.2) is 41.3 Å². The van der Waals surface area contributed by atoms with Gasteiger partial charge < -0.3 is 5.73 Å². The largest absolute Gasteiger partial charge is 0.398 e. The number of aryl methyl sites for hydroxylation is 2. The summed E-state index contributed by atoms with van der Waals surface area (Å²) in [5, 5.41) is 0.216. The molecule has 2 aromatic carbocycles. The van der Waals surface area contributed by atoms with Gasteiger partial charge in [-0.3, -0.25) is 4.72 Å². The standard InChI is InChI=1S/C14H15ClN2O2S/c1-9-5-10(2)7-11(6-9)17-20(18,19)12-3-4-14(16)13(15)8-12/h3-8,17H,16H2,1-2H3. The topological polar surface area (TPSA) is 72.2 Å². The van der Waals surface area contributed by atoms with Gasteiger partial charge in [-0.2, -0.15) is 0 Å². The highest BCUT2D eigenvalue weighted by Gasteiger charge is 2.15. The smallest absolute Gasteiger partial charge is 0.261 e. The van der Waals surface area contributed by atoms with Crippen LogP contribution < -0.4 is 10.5 Å². The highest BCUT2D eigenvalue weighted by atomic mass is 35.5. The molecule has 0 aliphatic heterocycles. The SMILES string of the molecule is Cc1cc(C)cc(NS(=O)(=O)c2ccc(N)c(Cl)c2)c1. The number of hydrogen-bond donors (Lipinski definition) is 2. The first-order valence-corrected chi connectivity index (χ1v) is 7.80. The Morgan fingerprint density at radius 3 is 2.20 bits per heavy atom. The molecular weight excluding hydrogens is 296 g/mol. The van der Waals surface area contributed by atoms with Crippen molar-refractivity contribution in [3.8, 4) is 0 Å². The quantitative estimate of drug-likeness (QED) is 0.854. The lowest BCUT2D eigenvalue weighted by Crippen LogP contribution is -2.13. The first kappa shape index (κ1) is 14.7. The molecule has 0 atom stereocenters. The van der Waals surface area contributed by atoms with Gasteiger partial charge in [0, 0.05) is 5.69 Å². The van der Waals surface area contributed by atoms with Crippen molar-refractivity contribution in [2.24, 2.45) is 0 Å². The van der Waals surface area contributed by atoms with E-state index in [9.17, 15) is 8.42 Å². The highest BCUT2D eigenvalue weighted by Crippen LogP contribution is 2.24. The lowest BCUT2D eigenvalue weighted by Gasteiger charge is -2.10. The molecule has 0 bridgehead atoms. The van der Waals surface area contributed by atoms with Gasteiger partial charge in [0.2, 0.25) is 0 Å². The number of anilines is 2. The summed E-state index contributed by atoms with van der Waals surface area (Å²) in [5.74, 6) is 0. The maximum absolute atomic E-state index is 12.3. The molecule has 3 N–H and O–H groups in total. The molecule has 0 aromatic heterocycles. The molecule has 2 rings (SSSR count). The normalized spacial score (nSPS) is 11.3. The van der Waals surface area contributed by atoms with E-state index in [4.69, 9.17) is 17.3 Å². The van der Waals surface area contributed by atoms with Crippen molar-refractivity contribution in [1.82, 2.24) is 0 Å². The molecule has 4 nitrogen and oxygen atoms in total. The Labute approximate surface area is 123 Å². The Bertz CT molecular complexity index is 738. The third-order valence-electron chi connectivity index (χ3n) is 2.76. The van der Waals surface area contributed by atoms with Gasteiger partial charge in [0.25, 0.3) is 10.0 Å². The molecular formula is C14H15ClN2O2S.